The van der Waals surface area contributed by atoms with E-state index in [1.54, 1.807) is 12.4 Å². The molecule has 0 unspecified atom stereocenters. The van der Waals surface area contributed by atoms with Gasteiger partial charge in [-0.1, -0.05) is 0 Å². The van der Waals surface area contributed by atoms with E-state index in [-0.39, 0.29) is 5.91 Å². The smallest absolute Gasteiger partial charge is 0.221 e. The minimum atomic E-state index is 0.0690. The average Bonchev–Trinajstić information content (AvgIpc) is 2.91. The van der Waals surface area contributed by atoms with Crippen LogP contribution in [-0.4, -0.2) is 28.5 Å². The van der Waals surface area contributed by atoms with Crippen molar-refractivity contribution < 1.29 is 4.79 Å². The van der Waals surface area contributed by atoms with Gasteiger partial charge in [-0.2, -0.15) is 0 Å². The van der Waals surface area contributed by atoms with Crippen molar-refractivity contribution in [2.75, 3.05) is 6.54 Å². The highest BCUT2D eigenvalue weighted by Gasteiger charge is 2.19. The maximum absolute atomic E-state index is 11.3. The summed E-state index contributed by atoms with van der Waals surface area (Å²) < 4.78 is 0. The summed E-state index contributed by atoms with van der Waals surface area (Å²) in [5, 5.41) is 6.10. The maximum Gasteiger partial charge on any atom is 0.221 e. The highest BCUT2D eigenvalue weighted by Crippen LogP contribution is 2.18. The molecule has 0 bridgehead atoms. The first kappa shape index (κ1) is 10.2. The molecule has 0 radical (unpaired) electrons. The fourth-order valence-corrected chi connectivity index (χ4v) is 1.34. The number of hydrogen-bond donors (Lipinski definition) is 3. The molecule has 3 N–H and O–H groups in total. The average molecular weight is 208 g/mol. The van der Waals surface area contributed by atoms with Crippen molar-refractivity contribution in [1.82, 2.24) is 20.6 Å². The lowest BCUT2D eigenvalue weighted by Crippen LogP contribution is -2.28. The summed E-state index contributed by atoms with van der Waals surface area (Å²) in [4.78, 5) is 18.3. The molecular formula is C10H16N4O. The minimum Gasteiger partial charge on any atom is -0.349 e. The molecule has 0 aromatic carbocycles. The first-order valence-corrected chi connectivity index (χ1v) is 5.33. The van der Waals surface area contributed by atoms with Crippen LogP contribution in [0.2, 0.25) is 0 Å². The topological polar surface area (TPSA) is 69.8 Å². The van der Waals surface area contributed by atoms with Gasteiger partial charge in [0.1, 0.15) is 5.82 Å². The molecule has 1 amide bonds. The van der Waals surface area contributed by atoms with Crippen LogP contribution in [0.25, 0.3) is 0 Å². The number of nitrogens with zero attached hydrogens (tertiary/aromatic N) is 1. The number of rotatable bonds is 6. The Labute approximate surface area is 88.7 Å². The van der Waals surface area contributed by atoms with Crippen molar-refractivity contribution in [3.63, 3.8) is 0 Å². The largest absolute Gasteiger partial charge is 0.349 e. The lowest BCUT2D eigenvalue weighted by Gasteiger charge is -2.03. The van der Waals surface area contributed by atoms with Gasteiger partial charge in [0.25, 0.3) is 0 Å². The van der Waals surface area contributed by atoms with Crippen molar-refractivity contribution >= 4 is 5.91 Å². The number of hydrogen-bond acceptors (Lipinski definition) is 3. The van der Waals surface area contributed by atoms with Crippen molar-refractivity contribution in [3.8, 4) is 0 Å². The number of carbonyl (C=O) groups is 1. The molecule has 1 aromatic heterocycles. The molecule has 5 nitrogen and oxygen atoms in total. The Hall–Kier alpha value is -1.36. The molecule has 0 aliphatic heterocycles. The quantitative estimate of drug-likeness (QED) is 0.624. The monoisotopic (exact) mass is 208 g/mol. The van der Waals surface area contributed by atoms with E-state index in [2.05, 4.69) is 20.6 Å². The second kappa shape index (κ2) is 4.93. The molecule has 5 heteroatoms. The van der Waals surface area contributed by atoms with Crippen LogP contribution in [0.3, 0.4) is 0 Å². The number of imidazole rings is 1. The minimum absolute atomic E-state index is 0.0690. The van der Waals surface area contributed by atoms with Crippen LogP contribution < -0.4 is 10.6 Å². The lowest BCUT2D eigenvalue weighted by molar-refractivity contribution is -0.121. The third kappa shape index (κ3) is 3.71. The predicted octanol–water partition coefficient (Wildman–Crippen LogP) is 0.168. The van der Waals surface area contributed by atoms with Crippen LogP contribution in [0.5, 0.6) is 0 Å². The van der Waals surface area contributed by atoms with Crippen LogP contribution in [0.1, 0.15) is 25.1 Å². The van der Waals surface area contributed by atoms with E-state index >= 15 is 0 Å². The zero-order valence-electron chi connectivity index (χ0n) is 8.62. The van der Waals surface area contributed by atoms with Gasteiger partial charge in [-0.25, -0.2) is 4.98 Å². The molecule has 1 saturated carbocycles. The van der Waals surface area contributed by atoms with Gasteiger partial charge in [0.05, 0.1) is 6.54 Å². The third-order valence-electron chi connectivity index (χ3n) is 2.37. The summed E-state index contributed by atoms with van der Waals surface area (Å²) in [6, 6.07) is 0.669. The van der Waals surface area contributed by atoms with Crippen molar-refractivity contribution in [3.05, 3.63) is 18.2 Å². The SMILES string of the molecule is O=C(CCNC1CC1)NCc1ncc[nH]1. The Balaban J connectivity index is 1.55. The molecule has 82 valence electrons. The summed E-state index contributed by atoms with van der Waals surface area (Å²) in [6.07, 6.45) is 6.48. The number of aromatic nitrogens is 2. The molecule has 0 atom stereocenters. The van der Waals surface area contributed by atoms with Crippen molar-refractivity contribution in [2.45, 2.75) is 31.8 Å². The number of aromatic amines is 1. The van der Waals surface area contributed by atoms with Crippen molar-refractivity contribution in [2.24, 2.45) is 0 Å². The molecule has 1 fully saturated rings. The number of carbonyl (C=O) groups excluding carboxylic acids is 1. The zero-order chi connectivity index (χ0) is 10.5. The van der Waals surface area contributed by atoms with Crippen LogP contribution in [0, 0.1) is 0 Å². The van der Waals surface area contributed by atoms with E-state index in [9.17, 15) is 4.79 Å². The lowest BCUT2D eigenvalue weighted by atomic mass is 10.4. The van der Waals surface area contributed by atoms with Crippen LogP contribution in [0.4, 0.5) is 0 Å². The fraction of sp³-hybridized carbons (Fsp3) is 0.600. The molecule has 1 aliphatic carbocycles. The Morgan fingerprint density at radius 2 is 2.47 bits per heavy atom. The summed E-state index contributed by atoms with van der Waals surface area (Å²) in [6.45, 7) is 1.25. The van der Waals surface area contributed by atoms with Gasteiger partial charge in [0.2, 0.25) is 5.91 Å². The van der Waals surface area contributed by atoms with Gasteiger partial charge in [-0.15, -0.1) is 0 Å². The summed E-state index contributed by atoms with van der Waals surface area (Å²) >= 11 is 0. The highest BCUT2D eigenvalue weighted by molar-refractivity contribution is 5.75. The molecule has 15 heavy (non-hydrogen) atoms. The Morgan fingerprint density at radius 1 is 1.60 bits per heavy atom. The van der Waals surface area contributed by atoms with Crippen LogP contribution in [-0.2, 0) is 11.3 Å². The summed E-state index contributed by atoms with van der Waals surface area (Å²) in [7, 11) is 0. The van der Waals surface area contributed by atoms with E-state index in [1.165, 1.54) is 12.8 Å². The number of amides is 1. The molecule has 1 aromatic rings. The van der Waals surface area contributed by atoms with E-state index in [0.29, 0.717) is 19.0 Å². The second-order valence-corrected chi connectivity index (χ2v) is 3.79. The molecular weight excluding hydrogens is 192 g/mol. The molecule has 1 heterocycles. The van der Waals surface area contributed by atoms with Gasteiger partial charge in [-0.3, -0.25) is 4.79 Å². The first-order valence-electron chi connectivity index (χ1n) is 5.33. The molecule has 0 spiro atoms. The molecule has 1 aliphatic rings. The Morgan fingerprint density at radius 3 is 3.13 bits per heavy atom. The normalized spacial score (nSPS) is 15.2. The predicted molar refractivity (Wildman–Crippen MR) is 56.1 cm³/mol. The fourth-order valence-electron chi connectivity index (χ4n) is 1.34. The Kier molecular flexibility index (Phi) is 3.34. The van der Waals surface area contributed by atoms with Gasteiger partial charge in [0, 0.05) is 31.4 Å². The second-order valence-electron chi connectivity index (χ2n) is 3.79. The molecule has 2 rings (SSSR count). The standard InChI is InChI=1S/C10H16N4O/c15-10(3-4-11-8-1-2-8)14-7-9-12-5-6-13-9/h5-6,8,11H,1-4,7H2,(H,12,13)(H,14,15). The third-order valence-corrected chi connectivity index (χ3v) is 2.37. The first-order chi connectivity index (χ1) is 7.34. The van der Waals surface area contributed by atoms with Gasteiger partial charge in [0.15, 0.2) is 0 Å². The number of nitrogens with one attached hydrogen (secondary N) is 3. The van der Waals surface area contributed by atoms with E-state index in [4.69, 9.17) is 0 Å². The highest BCUT2D eigenvalue weighted by atomic mass is 16.1. The van der Waals surface area contributed by atoms with Crippen molar-refractivity contribution in [1.29, 1.82) is 0 Å². The van der Waals surface area contributed by atoms with E-state index in [1.807, 2.05) is 0 Å². The van der Waals surface area contributed by atoms with Crippen LogP contribution >= 0.6 is 0 Å². The van der Waals surface area contributed by atoms with Gasteiger partial charge >= 0.3 is 0 Å². The summed E-state index contributed by atoms with van der Waals surface area (Å²) in [5.41, 5.74) is 0. The Bertz CT molecular complexity index is 305. The van der Waals surface area contributed by atoms with Crippen LogP contribution in [0.15, 0.2) is 12.4 Å². The van der Waals surface area contributed by atoms with E-state index in [0.717, 1.165) is 12.4 Å². The number of H-pyrrole nitrogens is 1. The zero-order valence-corrected chi connectivity index (χ0v) is 8.62. The van der Waals surface area contributed by atoms with Gasteiger partial charge < -0.3 is 15.6 Å². The maximum atomic E-state index is 11.3. The summed E-state index contributed by atoms with van der Waals surface area (Å²) in [5.74, 6) is 0.859. The van der Waals surface area contributed by atoms with E-state index < -0.39 is 0 Å². The van der Waals surface area contributed by atoms with Gasteiger partial charge in [-0.05, 0) is 12.8 Å². The molecule has 0 saturated heterocycles.